The van der Waals surface area contributed by atoms with E-state index in [0.29, 0.717) is 24.7 Å². The molecule has 3 nitrogen and oxygen atoms in total. The van der Waals surface area contributed by atoms with Gasteiger partial charge in [0.25, 0.3) is 0 Å². The van der Waals surface area contributed by atoms with Crippen molar-refractivity contribution in [1.29, 1.82) is 0 Å². The molecule has 1 rings (SSSR count). The van der Waals surface area contributed by atoms with Gasteiger partial charge in [-0.3, -0.25) is 4.79 Å². The molecule has 1 aliphatic rings. The molecule has 0 heterocycles. The number of hydrogen-bond acceptors (Lipinski definition) is 2. The zero-order valence-corrected chi connectivity index (χ0v) is 8.29. The van der Waals surface area contributed by atoms with Gasteiger partial charge in [0.2, 0.25) is 0 Å². The third-order valence-electron chi connectivity index (χ3n) is 3.22. The molecule has 0 bridgehead atoms. The van der Waals surface area contributed by atoms with Crippen molar-refractivity contribution in [3.8, 4) is 0 Å². The first-order valence-electron chi connectivity index (χ1n) is 4.87. The Morgan fingerprint density at radius 3 is 2.54 bits per heavy atom. The van der Waals surface area contributed by atoms with E-state index in [0.717, 1.165) is 6.42 Å². The number of carbonyl (C=O) groups is 1. The Labute approximate surface area is 78.8 Å². The van der Waals surface area contributed by atoms with Gasteiger partial charge < -0.3 is 10.2 Å². The summed E-state index contributed by atoms with van der Waals surface area (Å²) in [5.41, 5.74) is -0.947. The minimum Gasteiger partial charge on any atom is -0.481 e. The Balaban J connectivity index is 2.56. The molecule has 1 aliphatic carbocycles. The molecule has 1 saturated carbocycles. The van der Waals surface area contributed by atoms with Gasteiger partial charge in [0.15, 0.2) is 0 Å². The number of hydrogen-bond donors (Lipinski definition) is 2. The fourth-order valence-electron chi connectivity index (χ4n) is 2.13. The van der Waals surface area contributed by atoms with Crippen LogP contribution < -0.4 is 0 Å². The van der Waals surface area contributed by atoms with Gasteiger partial charge in [0.1, 0.15) is 0 Å². The van der Waals surface area contributed by atoms with Crippen molar-refractivity contribution in [2.75, 3.05) is 0 Å². The summed E-state index contributed by atoms with van der Waals surface area (Å²) in [5, 5.41) is 18.6. The summed E-state index contributed by atoms with van der Waals surface area (Å²) in [7, 11) is 0. The molecule has 0 radical (unpaired) electrons. The van der Waals surface area contributed by atoms with Crippen LogP contribution in [0.4, 0.5) is 0 Å². The zero-order chi connectivity index (χ0) is 10.1. The fourth-order valence-corrected chi connectivity index (χ4v) is 2.13. The van der Waals surface area contributed by atoms with Gasteiger partial charge >= 0.3 is 5.97 Å². The van der Waals surface area contributed by atoms with Crippen molar-refractivity contribution in [3.05, 3.63) is 0 Å². The maximum absolute atomic E-state index is 10.5. The topological polar surface area (TPSA) is 57.5 Å². The standard InChI is InChI=1S/C10H18O3/c1-7-3-4-10(13,5-8(7)2)6-9(11)12/h7-8,13H,3-6H2,1-2H3,(H,11,12). The number of aliphatic carboxylic acids is 1. The lowest BCUT2D eigenvalue weighted by molar-refractivity contribution is -0.145. The molecule has 0 aromatic heterocycles. The van der Waals surface area contributed by atoms with E-state index >= 15 is 0 Å². The SMILES string of the molecule is CC1CCC(O)(CC(=O)O)CC1C. The molecular weight excluding hydrogens is 168 g/mol. The molecule has 0 saturated heterocycles. The molecule has 76 valence electrons. The normalized spacial score (nSPS) is 40.2. The summed E-state index contributed by atoms with van der Waals surface area (Å²) in [4.78, 5) is 10.5. The fraction of sp³-hybridized carbons (Fsp3) is 0.900. The zero-order valence-electron chi connectivity index (χ0n) is 8.29. The van der Waals surface area contributed by atoms with Gasteiger partial charge in [-0.15, -0.1) is 0 Å². The van der Waals surface area contributed by atoms with Crippen LogP contribution in [-0.4, -0.2) is 21.8 Å². The van der Waals surface area contributed by atoms with E-state index in [4.69, 9.17) is 5.11 Å². The summed E-state index contributed by atoms with van der Waals surface area (Å²) in [5.74, 6) is 0.136. The van der Waals surface area contributed by atoms with Gasteiger partial charge in [-0.2, -0.15) is 0 Å². The lowest BCUT2D eigenvalue weighted by atomic mass is 9.72. The van der Waals surface area contributed by atoms with Crippen molar-refractivity contribution in [2.24, 2.45) is 11.8 Å². The molecule has 13 heavy (non-hydrogen) atoms. The Hall–Kier alpha value is -0.570. The van der Waals surface area contributed by atoms with Crippen LogP contribution in [0.15, 0.2) is 0 Å². The second-order valence-electron chi connectivity index (χ2n) is 4.49. The van der Waals surface area contributed by atoms with E-state index in [-0.39, 0.29) is 6.42 Å². The van der Waals surface area contributed by atoms with E-state index < -0.39 is 11.6 Å². The molecule has 0 aliphatic heterocycles. The van der Waals surface area contributed by atoms with Gasteiger partial charge in [0, 0.05) is 0 Å². The van der Waals surface area contributed by atoms with E-state index in [1.165, 1.54) is 0 Å². The molecule has 0 aromatic rings. The second-order valence-corrected chi connectivity index (χ2v) is 4.49. The van der Waals surface area contributed by atoms with Crippen molar-refractivity contribution in [1.82, 2.24) is 0 Å². The highest BCUT2D eigenvalue weighted by atomic mass is 16.4. The Bertz CT molecular complexity index is 202. The average Bonchev–Trinajstić information content (AvgIpc) is 1.96. The Morgan fingerprint density at radius 1 is 1.46 bits per heavy atom. The highest BCUT2D eigenvalue weighted by Crippen LogP contribution is 2.37. The monoisotopic (exact) mass is 186 g/mol. The van der Waals surface area contributed by atoms with E-state index in [1.807, 2.05) is 0 Å². The lowest BCUT2D eigenvalue weighted by Gasteiger charge is -2.38. The summed E-state index contributed by atoms with van der Waals surface area (Å²) in [6.07, 6.45) is 2.08. The molecule has 0 amide bonds. The summed E-state index contributed by atoms with van der Waals surface area (Å²) < 4.78 is 0. The number of carboxylic acid groups (broad SMARTS) is 1. The summed E-state index contributed by atoms with van der Waals surface area (Å²) in [6, 6.07) is 0. The largest absolute Gasteiger partial charge is 0.481 e. The maximum Gasteiger partial charge on any atom is 0.306 e. The van der Waals surface area contributed by atoms with Crippen molar-refractivity contribution >= 4 is 5.97 Å². The molecule has 3 unspecified atom stereocenters. The van der Waals surface area contributed by atoms with Crippen LogP contribution in [0.2, 0.25) is 0 Å². The number of aliphatic hydroxyl groups is 1. The van der Waals surface area contributed by atoms with Crippen molar-refractivity contribution in [3.63, 3.8) is 0 Å². The van der Waals surface area contributed by atoms with Crippen LogP contribution in [0, 0.1) is 11.8 Å². The second kappa shape index (κ2) is 3.66. The molecule has 3 atom stereocenters. The lowest BCUT2D eigenvalue weighted by Crippen LogP contribution is -2.39. The van der Waals surface area contributed by atoms with E-state index in [9.17, 15) is 9.90 Å². The van der Waals surface area contributed by atoms with Gasteiger partial charge in [-0.1, -0.05) is 13.8 Å². The molecule has 0 spiro atoms. The first kappa shape index (κ1) is 10.5. The smallest absolute Gasteiger partial charge is 0.306 e. The minimum atomic E-state index is -0.947. The van der Waals surface area contributed by atoms with Crippen LogP contribution in [0.1, 0.15) is 39.5 Å². The summed E-state index contributed by atoms with van der Waals surface area (Å²) >= 11 is 0. The quantitative estimate of drug-likeness (QED) is 0.689. The van der Waals surface area contributed by atoms with Crippen LogP contribution in [0.5, 0.6) is 0 Å². The van der Waals surface area contributed by atoms with Crippen molar-refractivity contribution < 1.29 is 15.0 Å². The molecule has 1 fully saturated rings. The number of carboxylic acids is 1. The van der Waals surface area contributed by atoms with E-state index in [2.05, 4.69) is 13.8 Å². The van der Waals surface area contributed by atoms with Gasteiger partial charge in [-0.05, 0) is 31.1 Å². The van der Waals surface area contributed by atoms with E-state index in [1.54, 1.807) is 0 Å². The average molecular weight is 186 g/mol. The Kier molecular flexibility index (Phi) is 2.96. The van der Waals surface area contributed by atoms with Crippen LogP contribution >= 0.6 is 0 Å². The summed E-state index contributed by atoms with van der Waals surface area (Å²) in [6.45, 7) is 4.24. The van der Waals surface area contributed by atoms with Crippen LogP contribution in [0.3, 0.4) is 0 Å². The number of rotatable bonds is 2. The van der Waals surface area contributed by atoms with Crippen LogP contribution in [0.25, 0.3) is 0 Å². The highest BCUT2D eigenvalue weighted by molar-refractivity contribution is 5.68. The third-order valence-corrected chi connectivity index (χ3v) is 3.22. The molecule has 2 N–H and O–H groups in total. The maximum atomic E-state index is 10.5. The third kappa shape index (κ3) is 2.69. The van der Waals surface area contributed by atoms with Gasteiger partial charge in [0.05, 0.1) is 12.0 Å². The minimum absolute atomic E-state index is 0.107. The molecular formula is C10H18O3. The predicted octanol–water partition coefficient (Wildman–Crippen LogP) is 1.65. The molecule has 3 heteroatoms. The first-order chi connectivity index (χ1) is 5.93. The van der Waals surface area contributed by atoms with Crippen molar-refractivity contribution in [2.45, 2.75) is 45.1 Å². The Morgan fingerprint density at radius 2 is 2.08 bits per heavy atom. The molecule has 0 aromatic carbocycles. The first-order valence-corrected chi connectivity index (χ1v) is 4.87. The van der Waals surface area contributed by atoms with Crippen LogP contribution in [-0.2, 0) is 4.79 Å². The highest BCUT2D eigenvalue weighted by Gasteiger charge is 2.37. The van der Waals surface area contributed by atoms with Gasteiger partial charge in [-0.25, -0.2) is 0 Å². The predicted molar refractivity (Wildman–Crippen MR) is 49.4 cm³/mol.